The van der Waals surface area contributed by atoms with Crippen LogP contribution in [0.2, 0.25) is 0 Å². The van der Waals surface area contributed by atoms with Crippen LogP contribution in [0.15, 0.2) is 30.5 Å². The Bertz CT molecular complexity index is 677. The molecule has 3 nitrogen and oxygen atoms in total. The van der Waals surface area contributed by atoms with Crippen LogP contribution in [0.5, 0.6) is 0 Å². The van der Waals surface area contributed by atoms with Gasteiger partial charge in [0.25, 0.3) is 0 Å². The summed E-state index contributed by atoms with van der Waals surface area (Å²) in [5.74, 6) is 0. The quantitative estimate of drug-likeness (QED) is 0.910. The third kappa shape index (κ3) is 2.36. The summed E-state index contributed by atoms with van der Waals surface area (Å²) in [6.45, 7) is 4.63. The summed E-state index contributed by atoms with van der Waals surface area (Å²) in [5, 5.41) is 1.37. The molecule has 3 heteroatoms. The predicted octanol–water partition coefficient (Wildman–Crippen LogP) is 3.49. The van der Waals surface area contributed by atoms with Crippen LogP contribution in [0.4, 0.5) is 5.69 Å². The smallest absolute Gasteiger partial charge is 0.0481 e. The minimum atomic E-state index is 1.06. The molecule has 0 unspecified atom stereocenters. The standard InChI is InChI=1S/C18H23N3/c1-20-10-6-14(7-11-20)17-13-19-18-12-15(4-5-16(17)18)21-8-2-3-9-21/h4-6,12-13,19H,2-3,7-11H2,1H3. The van der Waals surface area contributed by atoms with Crippen LogP contribution in [0, 0.1) is 0 Å². The number of nitrogens with one attached hydrogen (secondary N) is 1. The maximum absolute atomic E-state index is 3.48. The maximum Gasteiger partial charge on any atom is 0.0481 e. The summed E-state index contributed by atoms with van der Waals surface area (Å²) in [4.78, 5) is 8.34. The first-order valence-corrected chi connectivity index (χ1v) is 8.05. The van der Waals surface area contributed by atoms with Crippen molar-refractivity contribution in [2.45, 2.75) is 19.3 Å². The van der Waals surface area contributed by atoms with Crippen LogP contribution >= 0.6 is 0 Å². The third-order valence-corrected chi connectivity index (χ3v) is 4.89. The number of hydrogen-bond donors (Lipinski definition) is 1. The molecule has 3 heterocycles. The van der Waals surface area contributed by atoms with Crippen molar-refractivity contribution in [3.8, 4) is 0 Å². The molecule has 21 heavy (non-hydrogen) atoms. The van der Waals surface area contributed by atoms with E-state index in [0.29, 0.717) is 0 Å². The molecule has 0 spiro atoms. The van der Waals surface area contributed by atoms with Crippen molar-refractivity contribution >= 4 is 22.2 Å². The molecule has 0 radical (unpaired) electrons. The van der Waals surface area contributed by atoms with E-state index < -0.39 is 0 Å². The van der Waals surface area contributed by atoms with Gasteiger partial charge in [-0.2, -0.15) is 0 Å². The first-order chi connectivity index (χ1) is 10.3. The molecule has 2 aromatic rings. The topological polar surface area (TPSA) is 22.3 Å². The van der Waals surface area contributed by atoms with Crippen molar-refractivity contribution in [1.29, 1.82) is 0 Å². The number of fused-ring (bicyclic) bond motifs is 1. The largest absolute Gasteiger partial charge is 0.371 e. The van der Waals surface area contributed by atoms with Gasteiger partial charge >= 0.3 is 0 Å². The van der Waals surface area contributed by atoms with Crippen molar-refractivity contribution < 1.29 is 0 Å². The van der Waals surface area contributed by atoms with Crippen LogP contribution < -0.4 is 4.90 Å². The SMILES string of the molecule is CN1CC=C(c2c[nH]c3cc(N4CCCC4)ccc23)CC1. The average Bonchev–Trinajstić information content (AvgIpc) is 3.17. The van der Waals surface area contributed by atoms with Gasteiger partial charge in [0.05, 0.1) is 0 Å². The van der Waals surface area contributed by atoms with Gasteiger partial charge in [-0.15, -0.1) is 0 Å². The second-order valence-corrected chi connectivity index (χ2v) is 6.37. The average molecular weight is 281 g/mol. The number of nitrogens with zero attached hydrogens (tertiary/aromatic N) is 2. The van der Waals surface area contributed by atoms with Gasteiger partial charge in [0.15, 0.2) is 0 Å². The highest BCUT2D eigenvalue weighted by Gasteiger charge is 2.16. The molecule has 110 valence electrons. The molecule has 0 bridgehead atoms. The molecule has 4 rings (SSSR count). The molecule has 0 amide bonds. The minimum absolute atomic E-state index is 1.06. The Morgan fingerprint density at radius 1 is 1.10 bits per heavy atom. The van der Waals surface area contributed by atoms with Gasteiger partial charge in [-0.3, -0.25) is 0 Å². The molecule has 0 saturated carbocycles. The number of benzene rings is 1. The zero-order chi connectivity index (χ0) is 14.2. The highest BCUT2D eigenvalue weighted by Crippen LogP contribution is 2.32. The molecule has 1 saturated heterocycles. The van der Waals surface area contributed by atoms with Gasteiger partial charge in [-0.25, -0.2) is 0 Å². The summed E-state index contributed by atoms with van der Waals surface area (Å²) in [6.07, 6.45) is 8.37. The zero-order valence-corrected chi connectivity index (χ0v) is 12.7. The van der Waals surface area contributed by atoms with Gasteiger partial charge in [0.1, 0.15) is 0 Å². The van der Waals surface area contributed by atoms with Gasteiger partial charge in [-0.05, 0) is 44.0 Å². The number of likely N-dealkylation sites (N-methyl/N-ethyl adjacent to an activating group) is 1. The van der Waals surface area contributed by atoms with Crippen LogP contribution in [0.25, 0.3) is 16.5 Å². The Morgan fingerprint density at radius 3 is 2.71 bits per heavy atom. The predicted molar refractivity (Wildman–Crippen MR) is 89.8 cm³/mol. The summed E-state index contributed by atoms with van der Waals surface area (Å²) in [6, 6.07) is 6.91. The maximum atomic E-state index is 3.48. The lowest BCUT2D eigenvalue weighted by Gasteiger charge is -2.22. The molecule has 1 aromatic carbocycles. The lowest BCUT2D eigenvalue weighted by Crippen LogP contribution is -2.23. The zero-order valence-electron chi connectivity index (χ0n) is 12.7. The van der Waals surface area contributed by atoms with Gasteiger partial charge in [0.2, 0.25) is 0 Å². The fraction of sp³-hybridized carbons (Fsp3) is 0.444. The molecule has 2 aliphatic heterocycles. The second kappa shape index (κ2) is 5.23. The molecular weight excluding hydrogens is 258 g/mol. The Balaban J connectivity index is 1.69. The van der Waals surface area contributed by atoms with Crippen molar-refractivity contribution in [3.05, 3.63) is 36.0 Å². The van der Waals surface area contributed by atoms with Crippen molar-refractivity contribution in [2.75, 3.05) is 38.1 Å². The molecule has 2 aliphatic rings. The van der Waals surface area contributed by atoms with Crippen LogP contribution in [-0.2, 0) is 0 Å². The number of rotatable bonds is 2. The number of H-pyrrole nitrogens is 1. The fourth-order valence-corrected chi connectivity index (χ4v) is 3.57. The Labute approximate surface area is 126 Å². The van der Waals surface area contributed by atoms with Crippen molar-refractivity contribution in [3.63, 3.8) is 0 Å². The molecule has 1 N–H and O–H groups in total. The van der Waals surface area contributed by atoms with Crippen molar-refractivity contribution in [1.82, 2.24) is 9.88 Å². The first-order valence-electron chi connectivity index (χ1n) is 8.05. The number of anilines is 1. The summed E-state index contributed by atoms with van der Waals surface area (Å²) in [7, 11) is 2.19. The highest BCUT2D eigenvalue weighted by molar-refractivity contribution is 5.94. The van der Waals surface area contributed by atoms with E-state index in [4.69, 9.17) is 0 Å². The van der Waals surface area contributed by atoms with E-state index in [-0.39, 0.29) is 0 Å². The van der Waals surface area contributed by atoms with Gasteiger partial charge < -0.3 is 14.8 Å². The highest BCUT2D eigenvalue weighted by atomic mass is 15.1. The summed E-state index contributed by atoms with van der Waals surface area (Å²) >= 11 is 0. The lowest BCUT2D eigenvalue weighted by atomic mass is 9.99. The van der Waals surface area contributed by atoms with Gasteiger partial charge in [-0.1, -0.05) is 12.1 Å². The van der Waals surface area contributed by atoms with E-state index >= 15 is 0 Å². The second-order valence-electron chi connectivity index (χ2n) is 6.37. The lowest BCUT2D eigenvalue weighted by molar-refractivity contribution is 0.370. The van der Waals surface area contributed by atoms with Crippen LogP contribution in [0.1, 0.15) is 24.8 Å². The van der Waals surface area contributed by atoms with E-state index in [1.807, 2.05) is 0 Å². The minimum Gasteiger partial charge on any atom is -0.371 e. The monoisotopic (exact) mass is 281 g/mol. The Kier molecular flexibility index (Phi) is 3.23. The van der Waals surface area contributed by atoms with E-state index in [1.54, 1.807) is 0 Å². The third-order valence-electron chi connectivity index (χ3n) is 4.89. The summed E-state index contributed by atoms with van der Waals surface area (Å²) < 4.78 is 0. The number of aromatic amines is 1. The molecule has 1 fully saturated rings. The van der Waals surface area contributed by atoms with Crippen LogP contribution in [-0.4, -0.2) is 43.1 Å². The molecule has 0 aliphatic carbocycles. The van der Waals surface area contributed by atoms with Gasteiger partial charge in [0, 0.05) is 54.5 Å². The normalized spacial score (nSPS) is 20.2. The van der Waals surface area contributed by atoms with E-state index in [0.717, 1.165) is 19.5 Å². The fourth-order valence-electron chi connectivity index (χ4n) is 3.57. The van der Waals surface area contributed by atoms with Crippen molar-refractivity contribution in [2.24, 2.45) is 0 Å². The number of hydrogen-bond acceptors (Lipinski definition) is 2. The molecular formula is C18H23N3. The first kappa shape index (κ1) is 13.0. The molecule has 1 aromatic heterocycles. The Hall–Kier alpha value is -1.74. The Morgan fingerprint density at radius 2 is 1.95 bits per heavy atom. The molecule has 0 atom stereocenters. The van der Waals surface area contributed by atoms with E-state index in [1.165, 1.54) is 53.7 Å². The summed E-state index contributed by atoms with van der Waals surface area (Å²) in [5.41, 5.74) is 5.53. The van der Waals surface area contributed by atoms with Crippen LogP contribution in [0.3, 0.4) is 0 Å². The number of aromatic nitrogens is 1. The van der Waals surface area contributed by atoms with E-state index in [9.17, 15) is 0 Å². The van der Waals surface area contributed by atoms with E-state index in [2.05, 4.69) is 52.3 Å².